The number of nitrogens with one attached hydrogen (secondary N) is 2. The molecule has 6 amide bonds. The lowest BCUT2D eigenvalue weighted by Gasteiger charge is -2.36. The van der Waals surface area contributed by atoms with E-state index in [9.17, 15) is 38.4 Å². The van der Waals surface area contributed by atoms with Crippen molar-refractivity contribution >= 4 is 93.0 Å². The number of Topliss-reactive ketones (excluding diaryl/α,β-unsaturated/α-hetero) is 2. The van der Waals surface area contributed by atoms with Crippen LogP contribution in [-0.4, -0.2) is 343 Å². The van der Waals surface area contributed by atoms with Crippen molar-refractivity contribution in [3.63, 3.8) is 0 Å². The van der Waals surface area contributed by atoms with Gasteiger partial charge in [-0.1, -0.05) is 72.8 Å². The molecule has 0 spiro atoms. The van der Waals surface area contributed by atoms with E-state index in [-0.39, 0.29) is 65.3 Å². The van der Waals surface area contributed by atoms with Gasteiger partial charge in [-0.05, 0) is 170 Å². The number of benzene rings is 3. The topological polar surface area (TPSA) is 453 Å². The summed E-state index contributed by atoms with van der Waals surface area (Å²) in [7, 11) is 0. The Bertz CT molecular complexity index is 5840. The normalized spacial score (nSPS) is 17.1. The van der Waals surface area contributed by atoms with Gasteiger partial charge in [-0.15, -0.1) is 10.2 Å². The number of furan rings is 2. The number of carbonyl (C=O) groups excluding carboxylic acids is 8. The number of piperazine rings is 5. The average molecular weight is 1870 g/mol. The van der Waals surface area contributed by atoms with Crippen LogP contribution in [0.2, 0.25) is 0 Å². The molecular formula is C96H132N26O14. The number of ketones is 2. The first-order chi connectivity index (χ1) is 64.8. The standard InChI is InChI=1S/C31H37N9O4.C26H29N9O2.C19H25N3O4.C11H23N3O2.C9H18N2O2/c1-30(2,3)44-29(42)38-17-15-37(16-18-38)14-8-13-24(41)31(4,21-10-6-5-7-11-21)40-27-22(20-33-40)26-34-25(23-12-9-19-43-23)36-39(26)28(32)35-27;1-26(18-7-3-2-4-8-18,21(36)10-5-13-33-14-11-28-12-15-33)35-24-19(17-29-35)23-30-22(20-9-6-16-37-20)32-34(23)25(27)31-24;1-19(2,3)26-18(25)21-11-8-20(9-12-21)10-13-22-16(23)14-6-4-5-7-15(14)17(22)24;1-11(2,3)16-10(15)14-8-6-13(5-4-12)7-9-14;1-9(2,3)13-8(12)11-6-4-10-5-7-11/h5-7,9-12,19-20H,8,13-18H2,1-4H3,(H2,32,35);2-4,6-9,16-17,28H,5,10-15H2,1H3,(H2,27,31);4-7H,8-13H2,1-3H3;4-9,12H2,1-3H3;10H,4-7H2,1-3H3. The van der Waals surface area contributed by atoms with E-state index in [0.29, 0.717) is 146 Å². The number of hydrogen-bond acceptors (Lipinski definition) is 31. The molecule has 8 N–H and O–H groups in total. The first-order valence-corrected chi connectivity index (χ1v) is 46.7. The summed E-state index contributed by atoms with van der Waals surface area (Å²) >= 11 is 0. The third-order valence-electron chi connectivity index (χ3n) is 23.9. The minimum absolute atomic E-state index is 0.000854. The van der Waals surface area contributed by atoms with Gasteiger partial charge in [0.1, 0.15) is 33.5 Å². The number of anilines is 2. The molecule has 3 aromatic carbocycles. The van der Waals surface area contributed by atoms with Crippen LogP contribution in [0.15, 0.2) is 143 Å². The average Bonchev–Trinajstić information content (AvgIpc) is 1.63. The quantitative estimate of drug-likeness (QED) is 0.0330. The molecule has 2 atom stereocenters. The molecule has 0 aliphatic carbocycles. The zero-order valence-corrected chi connectivity index (χ0v) is 80.8. The molecule has 5 saturated heterocycles. The summed E-state index contributed by atoms with van der Waals surface area (Å²) in [5.41, 5.74) is 18.6. The number of nitrogen functional groups attached to an aromatic ring is 2. The number of nitrogens with zero attached hydrogens (tertiary/aromatic N) is 21. The van der Waals surface area contributed by atoms with E-state index >= 15 is 0 Å². The van der Waals surface area contributed by atoms with Crippen molar-refractivity contribution in [2.24, 2.45) is 5.73 Å². The second-order valence-corrected chi connectivity index (χ2v) is 38.6. The molecule has 8 aromatic heterocycles. The summed E-state index contributed by atoms with van der Waals surface area (Å²) in [6.45, 7) is 46.0. The maximum Gasteiger partial charge on any atom is 0.410 e. The summed E-state index contributed by atoms with van der Waals surface area (Å²) in [5, 5.41) is 26.1. The maximum atomic E-state index is 14.2. The van der Waals surface area contributed by atoms with Crippen LogP contribution in [0.4, 0.5) is 31.1 Å². The zero-order chi connectivity index (χ0) is 97.4. The molecule has 2 unspecified atom stereocenters. The van der Waals surface area contributed by atoms with Crippen LogP contribution in [-0.2, 0) is 39.6 Å². The predicted molar refractivity (Wildman–Crippen MR) is 513 cm³/mol. The molecule has 730 valence electrons. The fourth-order valence-corrected chi connectivity index (χ4v) is 16.7. The lowest BCUT2D eigenvalue weighted by atomic mass is 9.85. The number of rotatable bonds is 21. The number of nitrogens with two attached hydrogens (primary N) is 3. The molecule has 17 rings (SSSR count). The van der Waals surface area contributed by atoms with Crippen LogP contribution in [0.25, 0.3) is 56.5 Å². The van der Waals surface area contributed by atoms with E-state index in [0.717, 1.165) is 129 Å². The van der Waals surface area contributed by atoms with E-state index in [1.807, 2.05) is 158 Å². The third-order valence-corrected chi connectivity index (χ3v) is 23.9. The van der Waals surface area contributed by atoms with Gasteiger partial charge in [-0.2, -0.15) is 29.2 Å². The Balaban J connectivity index is 0.000000153. The summed E-state index contributed by atoms with van der Waals surface area (Å²) in [6, 6.07) is 33.3. The minimum Gasteiger partial charge on any atom is -0.461 e. The van der Waals surface area contributed by atoms with Crippen LogP contribution >= 0.6 is 0 Å². The number of carbonyl (C=O) groups is 8. The Labute approximate surface area is 791 Å². The zero-order valence-electron chi connectivity index (χ0n) is 80.8. The van der Waals surface area contributed by atoms with Crippen LogP contribution in [0.1, 0.15) is 154 Å². The highest BCUT2D eigenvalue weighted by Gasteiger charge is 2.43. The fraction of sp³-hybridized carbons (Fsp3) is 0.521. The second-order valence-electron chi connectivity index (χ2n) is 38.6. The van der Waals surface area contributed by atoms with Gasteiger partial charge in [0.15, 0.2) is 45.7 Å². The Hall–Kier alpha value is -12.9. The van der Waals surface area contributed by atoms with Crippen LogP contribution < -0.4 is 27.8 Å². The Kier molecular flexibility index (Phi) is 32.4. The third kappa shape index (κ3) is 25.1. The number of fused-ring (bicyclic) bond motifs is 7. The van der Waals surface area contributed by atoms with Gasteiger partial charge >= 0.3 is 24.4 Å². The molecule has 0 saturated carbocycles. The highest BCUT2D eigenvalue weighted by atomic mass is 16.6. The van der Waals surface area contributed by atoms with Crippen LogP contribution in [0, 0.1) is 0 Å². The highest BCUT2D eigenvalue weighted by molar-refractivity contribution is 6.21. The van der Waals surface area contributed by atoms with E-state index in [4.69, 9.17) is 45.0 Å². The molecule has 0 bridgehead atoms. The molecule has 0 radical (unpaired) electrons. The Morgan fingerprint density at radius 3 is 1.06 bits per heavy atom. The molecule has 6 aliphatic rings. The largest absolute Gasteiger partial charge is 0.461 e. The molecule has 5 fully saturated rings. The molecule has 136 heavy (non-hydrogen) atoms. The molecule has 14 heterocycles. The Morgan fingerprint density at radius 2 is 0.713 bits per heavy atom. The number of ether oxygens (including phenoxy) is 4. The maximum absolute atomic E-state index is 14.2. The van der Waals surface area contributed by atoms with Crippen molar-refractivity contribution in [3.05, 3.63) is 156 Å². The lowest BCUT2D eigenvalue weighted by molar-refractivity contribution is -0.126. The number of imide groups is 1. The molecule has 11 aromatic rings. The van der Waals surface area contributed by atoms with Gasteiger partial charge in [0.25, 0.3) is 11.8 Å². The second kappa shape index (κ2) is 43.9. The van der Waals surface area contributed by atoms with E-state index in [1.165, 1.54) is 13.9 Å². The summed E-state index contributed by atoms with van der Waals surface area (Å²) in [5.74, 6) is 1.68. The van der Waals surface area contributed by atoms with Crippen LogP contribution in [0.5, 0.6) is 0 Å². The SMILES string of the molecule is CC(C(=O)CCCN1CCNCC1)(c1ccccc1)n1ncc2c1nc(N)n1nc(-c3ccco3)nc21.CC(C)(C)OC(=O)N1CCN(CCCC(=O)C(C)(c2ccccc2)n2ncc3c2nc(N)n2nc(-c4ccco4)nc32)CC1.CC(C)(C)OC(=O)N1CCN(CCN)CC1.CC(C)(C)OC(=O)N1CCN(CCN2C(=O)c3ccccc3C2=O)CC1.CC(C)(C)OC(=O)N1CCNCC1. The van der Waals surface area contributed by atoms with Crippen molar-refractivity contribution in [2.45, 2.75) is 156 Å². The number of amides is 6. The summed E-state index contributed by atoms with van der Waals surface area (Å²) in [4.78, 5) is 137. The first kappa shape index (κ1) is 101. The number of aromatic nitrogens is 12. The smallest absolute Gasteiger partial charge is 0.410 e. The van der Waals surface area contributed by atoms with Crippen molar-refractivity contribution in [1.29, 1.82) is 0 Å². The predicted octanol–water partition coefficient (Wildman–Crippen LogP) is 9.48. The van der Waals surface area contributed by atoms with Gasteiger partial charge in [0, 0.05) is 170 Å². The van der Waals surface area contributed by atoms with Crippen molar-refractivity contribution < 1.29 is 66.1 Å². The number of hydrogen-bond donors (Lipinski definition) is 5. The van der Waals surface area contributed by atoms with E-state index in [2.05, 4.69) is 70.6 Å². The summed E-state index contributed by atoms with van der Waals surface area (Å²) in [6.07, 6.45) is 7.63. The molecule has 40 nitrogen and oxygen atoms in total. The first-order valence-electron chi connectivity index (χ1n) is 46.7. The van der Waals surface area contributed by atoms with Crippen molar-refractivity contribution in [3.8, 4) is 23.2 Å². The molecule has 6 aliphatic heterocycles. The lowest BCUT2D eigenvalue weighted by Crippen LogP contribution is -2.51. The van der Waals surface area contributed by atoms with Crippen molar-refractivity contribution in [1.82, 2.24) is 113 Å². The molecular weight excluding hydrogens is 1740 g/mol. The highest BCUT2D eigenvalue weighted by Crippen LogP contribution is 2.37. The van der Waals surface area contributed by atoms with E-state index < -0.39 is 27.9 Å². The van der Waals surface area contributed by atoms with Crippen LogP contribution in [0.3, 0.4) is 0 Å². The van der Waals surface area contributed by atoms with Gasteiger partial charge in [-0.25, -0.2) is 38.5 Å². The summed E-state index contributed by atoms with van der Waals surface area (Å²) < 4.78 is 38.6. The van der Waals surface area contributed by atoms with Gasteiger partial charge in [0.2, 0.25) is 23.5 Å². The fourth-order valence-electron chi connectivity index (χ4n) is 16.7. The van der Waals surface area contributed by atoms with Gasteiger partial charge in [-0.3, -0.25) is 38.8 Å². The van der Waals surface area contributed by atoms with Crippen molar-refractivity contribution in [2.75, 3.05) is 182 Å². The monoisotopic (exact) mass is 1870 g/mol. The molecule has 40 heteroatoms. The van der Waals surface area contributed by atoms with E-state index in [1.54, 1.807) is 102 Å². The van der Waals surface area contributed by atoms with Gasteiger partial charge in [0.05, 0.1) is 46.8 Å². The Morgan fingerprint density at radius 1 is 0.382 bits per heavy atom. The van der Waals surface area contributed by atoms with Gasteiger partial charge < -0.3 is 80.1 Å². The minimum atomic E-state index is -1.15.